The van der Waals surface area contributed by atoms with E-state index in [0.29, 0.717) is 22.6 Å². The predicted molar refractivity (Wildman–Crippen MR) is 148 cm³/mol. The van der Waals surface area contributed by atoms with Crippen molar-refractivity contribution in [2.24, 2.45) is 11.8 Å². The lowest BCUT2D eigenvalue weighted by atomic mass is 9.52. The molecule has 7 nitrogen and oxygen atoms in total. The lowest BCUT2D eigenvalue weighted by molar-refractivity contribution is -0.158. The molecule has 0 spiro atoms. The molecule has 0 bridgehead atoms. The highest BCUT2D eigenvalue weighted by molar-refractivity contribution is 5.87. The summed E-state index contributed by atoms with van der Waals surface area (Å²) >= 11 is 0. The van der Waals surface area contributed by atoms with Crippen LogP contribution < -0.4 is 14.2 Å². The molecular weight excluding hydrogens is 506 g/mol. The smallest absolute Gasteiger partial charge is 0.315 e. The Balaban J connectivity index is 1.60. The number of nitriles is 1. The predicted octanol–water partition coefficient (Wildman–Crippen LogP) is 6.05. The molecule has 1 saturated carbocycles. The minimum absolute atomic E-state index is 0.116. The van der Waals surface area contributed by atoms with Crippen LogP contribution in [0.3, 0.4) is 0 Å². The maximum atomic E-state index is 14.0. The number of methoxy groups -OCH3 is 2. The molecule has 2 atom stereocenters. The zero-order valence-electron chi connectivity index (χ0n) is 22.0. The van der Waals surface area contributed by atoms with Gasteiger partial charge in [0.1, 0.15) is 23.3 Å². The quantitative estimate of drug-likeness (QED) is 0.217. The molecule has 0 aromatic heterocycles. The molecule has 0 saturated heterocycles. The summed E-state index contributed by atoms with van der Waals surface area (Å²) in [6.07, 6.45) is 0. The number of nitrogens with zero attached hydrogens (tertiary/aromatic N) is 1. The average Bonchev–Trinajstić information content (AvgIpc) is 2.97. The number of esters is 1. The van der Waals surface area contributed by atoms with Crippen LogP contribution >= 0.6 is 0 Å². The second-order valence-electron chi connectivity index (χ2n) is 9.54. The van der Waals surface area contributed by atoms with E-state index in [1.54, 1.807) is 66.7 Å². The van der Waals surface area contributed by atoms with E-state index >= 15 is 0 Å². The van der Waals surface area contributed by atoms with Gasteiger partial charge in [0.2, 0.25) is 0 Å². The van der Waals surface area contributed by atoms with Crippen LogP contribution in [0.5, 0.6) is 17.2 Å². The summed E-state index contributed by atoms with van der Waals surface area (Å²) in [7, 11) is 3.01. The summed E-state index contributed by atoms with van der Waals surface area (Å²) in [5, 5.41) is 20.1. The van der Waals surface area contributed by atoms with Gasteiger partial charge in [-0.15, -0.1) is 0 Å². The summed E-state index contributed by atoms with van der Waals surface area (Å²) < 4.78 is 17.0. The van der Waals surface area contributed by atoms with Crippen molar-refractivity contribution in [3.05, 3.63) is 114 Å². The van der Waals surface area contributed by atoms with Crippen LogP contribution in [0.25, 0.3) is 11.1 Å². The Morgan fingerprint density at radius 3 is 1.77 bits per heavy atom. The highest BCUT2D eigenvalue weighted by Crippen LogP contribution is 2.60. The number of benzene rings is 4. The largest absolute Gasteiger partial charge is 0.496 e. The lowest BCUT2D eigenvalue weighted by Gasteiger charge is -2.49. The number of hydrogen-bond donors (Lipinski definition) is 1. The van der Waals surface area contributed by atoms with E-state index in [0.717, 1.165) is 11.1 Å². The molecule has 4 aromatic rings. The maximum absolute atomic E-state index is 14.0. The van der Waals surface area contributed by atoms with E-state index in [4.69, 9.17) is 14.2 Å². The van der Waals surface area contributed by atoms with Crippen molar-refractivity contribution >= 4 is 11.9 Å². The van der Waals surface area contributed by atoms with E-state index in [2.05, 4.69) is 6.07 Å². The highest BCUT2D eigenvalue weighted by Gasteiger charge is 2.60. The number of carbonyl (C=O) groups is 2. The third-order valence-corrected chi connectivity index (χ3v) is 7.52. The summed E-state index contributed by atoms with van der Waals surface area (Å²) in [6.45, 7) is 0. The number of carboxylic acids is 1. The van der Waals surface area contributed by atoms with Crippen LogP contribution in [-0.2, 0) is 9.59 Å². The SMILES string of the molecule is COc1ccccc1[C@H]1C(C(=O)O)[C@H](c2ccccc2OC)C1C(=O)Oc1cc(-c2ccccc2)ccc1C#N. The fourth-order valence-corrected chi connectivity index (χ4v) is 5.69. The van der Waals surface area contributed by atoms with Gasteiger partial charge in [-0.3, -0.25) is 9.59 Å². The topological polar surface area (TPSA) is 106 Å². The molecule has 1 aliphatic rings. The molecule has 200 valence electrons. The van der Waals surface area contributed by atoms with Crippen molar-refractivity contribution in [1.82, 2.24) is 0 Å². The molecule has 0 aliphatic heterocycles. The van der Waals surface area contributed by atoms with Gasteiger partial charge in [-0.1, -0.05) is 72.8 Å². The highest BCUT2D eigenvalue weighted by atomic mass is 16.5. The second-order valence-corrected chi connectivity index (χ2v) is 9.54. The van der Waals surface area contributed by atoms with Gasteiger partial charge in [-0.05, 0) is 46.5 Å². The minimum Gasteiger partial charge on any atom is -0.496 e. The number of hydrogen-bond acceptors (Lipinski definition) is 6. The summed E-state index contributed by atoms with van der Waals surface area (Å²) in [5.41, 5.74) is 3.08. The Morgan fingerprint density at radius 2 is 1.25 bits per heavy atom. The number of para-hydroxylation sites is 2. The Bertz CT molecular complexity index is 1540. The van der Waals surface area contributed by atoms with Crippen molar-refractivity contribution in [2.45, 2.75) is 11.8 Å². The zero-order chi connectivity index (χ0) is 28.2. The average molecular weight is 534 g/mol. The van der Waals surface area contributed by atoms with E-state index in [1.807, 2.05) is 30.3 Å². The molecule has 5 rings (SSSR count). The number of carboxylic acid groups (broad SMARTS) is 1. The molecule has 7 heteroatoms. The fraction of sp³-hybridized carbons (Fsp3) is 0.182. The van der Waals surface area contributed by atoms with Crippen LogP contribution in [0.1, 0.15) is 28.5 Å². The first-order chi connectivity index (χ1) is 19.5. The number of ether oxygens (including phenoxy) is 3. The van der Waals surface area contributed by atoms with E-state index < -0.39 is 35.6 Å². The molecule has 40 heavy (non-hydrogen) atoms. The first-order valence-corrected chi connectivity index (χ1v) is 12.8. The second kappa shape index (κ2) is 11.3. The summed E-state index contributed by atoms with van der Waals surface area (Å²) in [4.78, 5) is 26.7. The Labute approximate surface area is 232 Å². The Hall–Kier alpha value is -5.09. The monoisotopic (exact) mass is 533 g/mol. The molecule has 1 fully saturated rings. The maximum Gasteiger partial charge on any atom is 0.315 e. The summed E-state index contributed by atoms with van der Waals surface area (Å²) in [5.74, 6) is -3.90. The third kappa shape index (κ3) is 4.76. The van der Waals surface area contributed by atoms with Crippen molar-refractivity contribution in [2.75, 3.05) is 14.2 Å². The minimum atomic E-state index is -1.04. The van der Waals surface area contributed by atoms with Gasteiger partial charge < -0.3 is 19.3 Å². The van der Waals surface area contributed by atoms with Gasteiger partial charge in [0.05, 0.1) is 31.6 Å². The summed E-state index contributed by atoms with van der Waals surface area (Å²) in [6, 6.07) is 30.9. The van der Waals surface area contributed by atoms with Crippen LogP contribution in [0, 0.1) is 23.2 Å². The van der Waals surface area contributed by atoms with Crippen molar-refractivity contribution in [1.29, 1.82) is 5.26 Å². The number of carbonyl (C=O) groups excluding carboxylic acids is 1. The van der Waals surface area contributed by atoms with Gasteiger partial charge in [-0.25, -0.2) is 0 Å². The Kier molecular flexibility index (Phi) is 7.52. The standard InChI is InChI=1S/C33H27NO6/c1-38-25-14-8-6-12-23(25)28-30(32(35)36)29(24-13-7-9-15-26(24)39-2)31(28)33(37)40-27-18-21(16-17-22(27)19-34)20-10-4-3-5-11-20/h3-18,28-31H,1-2H3,(H,35,36)/t28-,29-,30?,31?/m0/s1. The van der Waals surface area contributed by atoms with E-state index in [9.17, 15) is 20.0 Å². The van der Waals surface area contributed by atoms with Gasteiger partial charge in [0.15, 0.2) is 0 Å². The van der Waals surface area contributed by atoms with Crippen LogP contribution in [0.4, 0.5) is 0 Å². The Morgan fingerprint density at radius 1 is 0.700 bits per heavy atom. The van der Waals surface area contributed by atoms with Crippen LogP contribution in [0.2, 0.25) is 0 Å². The molecule has 0 heterocycles. The molecular formula is C33H27NO6. The first-order valence-electron chi connectivity index (χ1n) is 12.8. The third-order valence-electron chi connectivity index (χ3n) is 7.52. The van der Waals surface area contributed by atoms with E-state index in [1.165, 1.54) is 14.2 Å². The van der Waals surface area contributed by atoms with E-state index in [-0.39, 0.29) is 11.3 Å². The van der Waals surface area contributed by atoms with Gasteiger partial charge in [0, 0.05) is 11.8 Å². The fourth-order valence-electron chi connectivity index (χ4n) is 5.69. The van der Waals surface area contributed by atoms with Gasteiger partial charge in [0.25, 0.3) is 0 Å². The number of rotatable bonds is 8. The van der Waals surface area contributed by atoms with Gasteiger partial charge in [-0.2, -0.15) is 5.26 Å². The van der Waals surface area contributed by atoms with Gasteiger partial charge >= 0.3 is 11.9 Å². The lowest BCUT2D eigenvalue weighted by Crippen LogP contribution is -2.52. The number of aliphatic carboxylic acids is 1. The zero-order valence-corrected chi connectivity index (χ0v) is 22.0. The molecule has 1 N–H and O–H groups in total. The van der Waals surface area contributed by atoms with Crippen molar-refractivity contribution < 1.29 is 28.9 Å². The normalized spacial score (nSPS) is 19.5. The van der Waals surface area contributed by atoms with Crippen LogP contribution in [-0.4, -0.2) is 31.3 Å². The van der Waals surface area contributed by atoms with Crippen molar-refractivity contribution in [3.8, 4) is 34.4 Å². The molecule has 4 aromatic carbocycles. The first kappa shape index (κ1) is 26.5. The van der Waals surface area contributed by atoms with Crippen molar-refractivity contribution in [3.63, 3.8) is 0 Å². The molecule has 1 aliphatic carbocycles. The molecule has 0 amide bonds. The van der Waals surface area contributed by atoms with Crippen LogP contribution in [0.15, 0.2) is 97.1 Å². The molecule has 0 radical (unpaired) electrons. The molecule has 0 unspecified atom stereocenters.